The summed E-state index contributed by atoms with van der Waals surface area (Å²) in [6, 6.07) is 3.98. The van der Waals surface area contributed by atoms with Gasteiger partial charge >= 0.3 is 12.2 Å². The Morgan fingerprint density at radius 2 is 2.10 bits per heavy atom. The topological polar surface area (TPSA) is 110 Å². The van der Waals surface area contributed by atoms with Crippen LogP contribution in [0.1, 0.15) is 24.8 Å². The van der Waals surface area contributed by atoms with E-state index >= 15 is 0 Å². The molecule has 1 unspecified atom stereocenters. The number of carbonyl (C=O) groups is 5. The first-order valence-electron chi connectivity index (χ1n) is 9.31. The Morgan fingerprint density at radius 1 is 1.37 bits per heavy atom. The Hall–Kier alpha value is -2.95. The molecule has 3 rings (SSSR count). The predicted octanol–water partition coefficient (Wildman–Crippen LogP) is 1.17. The van der Waals surface area contributed by atoms with E-state index in [0.29, 0.717) is 12.2 Å². The van der Waals surface area contributed by atoms with Crippen molar-refractivity contribution in [1.29, 1.82) is 0 Å². The van der Waals surface area contributed by atoms with Gasteiger partial charge in [0, 0.05) is 6.92 Å². The van der Waals surface area contributed by atoms with Gasteiger partial charge in [-0.2, -0.15) is 0 Å². The summed E-state index contributed by atoms with van der Waals surface area (Å²) in [5.74, 6) is -1.97. The van der Waals surface area contributed by atoms with Crippen molar-refractivity contribution in [2.45, 2.75) is 25.4 Å². The second kappa shape index (κ2) is 8.82. The lowest BCUT2D eigenvalue weighted by Gasteiger charge is -2.23. The van der Waals surface area contributed by atoms with Crippen molar-refractivity contribution in [3.8, 4) is 0 Å². The largest absolute Gasteiger partial charge is 0.445 e. The Balaban J connectivity index is 1.75. The quantitative estimate of drug-likeness (QED) is 0.645. The molecular formula is C19H22FN2O7S. The Labute approximate surface area is 175 Å². The third-order valence-electron chi connectivity index (χ3n) is 5.14. The van der Waals surface area contributed by atoms with Crippen molar-refractivity contribution in [3.05, 3.63) is 36.7 Å². The summed E-state index contributed by atoms with van der Waals surface area (Å²) < 4.78 is 24.2. The molecule has 1 aromatic rings. The number of Topliss-reactive ketones (excluding diaryl/α,β-unsaturated/α-hetero) is 1. The van der Waals surface area contributed by atoms with E-state index in [1.807, 2.05) is 0 Å². The Bertz CT molecular complexity index is 922. The summed E-state index contributed by atoms with van der Waals surface area (Å²) >= 11 is -1.06. The van der Waals surface area contributed by atoms with Crippen LogP contribution >= 0.6 is 11.8 Å². The van der Waals surface area contributed by atoms with Crippen molar-refractivity contribution < 1.29 is 37.8 Å². The van der Waals surface area contributed by atoms with Gasteiger partial charge in [-0.3, -0.25) is 31.0 Å². The Morgan fingerprint density at radius 3 is 2.73 bits per heavy atom. The first-order chi connectivity index (χ1) is 14.2. The SMILES string of the molecule is [CH2]OC(=O)N(C[C@H]1CN(c2ccc(C3CC[SH4]C(=O)C3=O)c(F)c2)C(=O)O1)C(C)=O. The highest BCUT2D eigenvalue weighted by atomic mass is 32.2. The van der Waals surface area contributed by atoms with E-state index in [-0.39, 0.29) is 29.5 Å². The third kappa shape index (κ3) is 4.30. The molecule has 1 aromatic carbocycles. The number of halogens is 1. The normalized spacial score (nSPS) is 21.7. The molecule has 0 aromatic heterocycles. The van der Waals surface area contributed by atoms with Crippen molar-refractivity contribution in [3.63, 3.8) is 0 Å². The number of amides is 3. The van der Waals surface area contributed by atoms with Crippen molar-refractivity contribution >= 4 is 46.4 Å². The number of ether oxygens (including phenoxy) is 2. The van der Waals surface area contributed by atoms with E-state index in [1.54, 1.807) is 0 Å². The molecule has 2 fully saturated rings. The number of cyclic esters (lactones) is 1. The minimum atomic E-state index is -1.06. The standard InChI is InChI=1S/C19H22FN2O7S/c1-10(23)21(18(26)28-2)8-12-9-22(19(27)29-12)11-3-4-13(15(20)7-11)14-5-6-30-17(25)16(14)24/h3-4,7,12,14H,2,5-6,8-9H2,1H3,30H4/t12-,14?/m0/s1. The van der Waals surface area contributed by atoms with Crippen LogP contribution in [0.5, 0.6) is 0 Å². The minimum Gasteiger partial charge on any atom is -0.445 e. The van der Waals surface area contributed by atoms with Crippen molar-refractivity contribution in [1.82, 2.24) is 4.90 Å². The molecule has 0 bridgehead atoms. The summed E-state index contributed by atoms with van der Waals surface area (Å²) in [7, 11) is 2.96. The van der Waals surface area contributed by atoms with Gasteiger partial charge in [0.25, 0.3) is 0 Å². The van der Waals surface area contributed by atoms with E-state index in [4.69, 9.17) is 4.74 Å². The fourth-order valence-corrected chi connectivity index (χ4v) is 5.05. The zero-order valence-electron chi connectivity index (χ0n) is 16.3. The van der Waals surface area contributed by atoms with Crippen LogP contribution in [0.3, 0.4) is 0 Å². The molecule has 2 aliphatic rings. The molecule has 2 heterocycles. The fraction of sp³-hybridized carbons (Fsp3) is 0.368. The van der Waals surface area contributed by atoms with Gasteiger partial charge in [0.2, 0.25) is 16.8 Å². The highest BCUT2D eigenvalue weighted by molar-refractivity contribution is 8.15. The van der Waals surface area contributed by atoms with Crippen LogP contribution in [0, 0.1) is 12.9 Å². The average Bonchev–Trinajstić information content (AvgIpc) is 3.08. The molecule has 2 aliphatic heterocycles. The number of imide groups is 1. The number of hydrogen-bond donors (Lipinski definition) is 0. The van der Waals surface area contributed by atoms with Crippen LogP contribution < -0.4 is 4.90 Å². The number of hydrogen-bond acceptors (Lipinski definition) is 7. The fourth-order valence-electron chi connectivity index (χ4n) is 3.62. The molecule has 9 nitrogen and oxygen atoms in total. The van der Waals surface area contributed by atoms with E-state index in [2.05, 4.69) is 11.8 Å². The summed E-state index contributed by atoms with van der Waals surface area (Å²) in [6.07, 6.45) is -2.15. The zero-order chi connectivity index (χ0) is 22.0. The van der Waals surface area contributed by atoms with Crippen LogP contribution in [0.15, 0.2) is 18.2 Å². The lowest BCUT2D eigenvalue weighted by molar-refractivity contribution is -0.133. The van der Waals surface area contributed by atoms with Crippen LogP contribution in [0.4, 0.5) is 19.7 Å². The van der Waals surface area contributed by atoms with E-state index in [9.17, 15) is 28.4 Å². The first-order valence-corrected chi connectivity index (χ1v) is 11.0. The maximum atomic E-state index is 14.7. The third-order valence-corrected chi connectivity index (χ3v) is 6.71. The maximum Gasteiger partial charge on any atom is 0.416 e. The van der Waals surface area contributed by atoms with Crippen molar-refractivity contribution in [2.24, 2.45) is 0 Å². The van der Waals surface area contributed by atoms with E-state index in [1.165, 1.54) is 12.1 Å². The van der Waals surface area contributed by atoms with Gasteiger partial charge < -0.3 is 9.47 Å². The van der Waals surface area contributed by atoms with Crippen LogP contribution in [0.2, 0.25) is 0 Å². The predicted molar refractivity (Wildman–Crippen MR) is 109 cm³/mol. The van der Waals surface area contributed by atoms with Gasteiger partial charge in [0.1, 0.15) is 19.0 Å². The minimum absolute atomic E-state index is 0.0295. The summed E-state index contributed by atoms with van der Waals surface area (Å²) in [5.41, 5.74) is 0.331. The van der Waals surface area contributed by atoms with E-state index in [0.717, 1.165) is 22.8 Å². The van der Waals surface area contributed by atoms with Gasteiger partial charge in [-0.15, -0.1) is 0 Å². The number of nitrogens with zero attached hydrogens (tertiary/aromatic N) is 2. The number of anilines is 1. The molecule has 0 spiro atoms. The van der Waals surface area contributed by atoms with Gasteiger partial charge in [-0.05, 0) is 29.9 Å². The average molecular weight is 441 g/mol. The molecule has 2 saturated heterocycles. The number of benzene rings is 1. The van der Waals surface area contributed by atoms with Crippen LogP contribution in [-0.2, 0) is 23.9 Å². The summed E-state index contributed by atoms with van der Waals surface area (Å²) in [5, 5.41) is -0.364. The van der Waals surface area contributed by atoms with Crippen LogP contribution in [-0.4, -0.2) is 58.8 Å². The molecule has 3 amide bonds. The second-order valence-corrected chi connectivity index (χ2v) is 8.94. The monoisotopic (exact) mass is 441 g/mol. The maximum absolute atomic E-state index is 14.7. The van der Waals surface area contributed by atoms with E-state index < -0.39 is 53.5 Å². The molecule has 163 valence electrons. The van der Waals surface area contributed by atoms with Crippen molar-refractivity contribution in [2.75, 3.05) is 23.7 Å². The molecule has 0 saturated carbocycles. The highest BCUT2D eigenvalue weighted by Crippen LogP contribution is 2.33. The molecule has 0 N–H and O–H groups in total. The lowest BCUT2D eigenvalue weighted by Crippen LogP contribution is -2.41. The summed E-state index contributed by atoms with van der Waals surface area (Å²) in [4.78, 5) is 61.2. The second-order valence-electron chi connectivity index (χ2n) is 7.09. The highest BCUT2D eigenvalue weighted by Gasteiger charge is 2.37. The van der Waals surface area contributed by atoms with Gasteiger partial charge in [0.05, 0.1) is 24.7 Å². The first kappa shape index (κ1) is 21.8. The number of rotatable bonds is 4. The van der Waals surface area contributed by atoms with Gasteiger partial charge in [-0.25, -0.2) is 18.9 Å². The molecule has 30 heavy (non-hydrogen) atoms. The smallest absolute Gasteiger partial charge is 0.416 e. The number of carbonyl (C=O) groups excluding carboxylic acids is 5. The zero-order valence-corrected chi connectivity index (χ0v) is 17.7. The van der Waals surface area contributed by atoms with Crippen LogP contribution in [0.25, 0.3) is 0 Å². The molecule has 2 atom stereocenters. The molecule has 1 radical (unpaired) electrons. The molecule has 0 aliphatic carbocycles. The Kier molecular flexibility index (Phi) is 6.40. The van der Waals surface area contributed by atoms with Gasteiger partial charge in [0.15, 0.2) is 0 Å². The van der Waals surface area contributed by atoms with Gasteiger partial charge in [-0.1, -0.05) is 6.07 Å². The molecule has 11 heteroatoms. The number of ketones is 1. The molecular weight excluding hydrogens is 419 g/mol. The summed E-state index contributed by atoms with van der Waals surface area (Å²) in [6.45, 7) is 0.882. The lowest BCUT2D eigenvalue weighted by atomic mass is 9.91.